The van der Waals surface area contributed by atoms with Gasteiger partial charge in [-0.15, -0.1) is 0 Å². The van der Waals surface area contributed by atoms with Crippen LogP contribution in [0.25, 0.3) is 0 Å². The van der Waals surface area contributed by atoms with Crippen LogP contribution in [0.5, 0.6) is 0 Å². The molecule has 5 nitrogen and oxygen atoms in total. The first kappa shape index (κ1) is 17.8. The third kappa shape index (κ3) is 5.56. The minimum absolute atomic E-state index is 0.188. The first-order valence-corrected chi connectivity index (χ1v) is 8.32. The van der Waals surface area contributed by atoms with Crippen molar-refractivity contribution in [2.24, 2.45) is 5.41 Å². The van der Waals surface area contributed by atoms with Crippen LogP contribution in [-0.4, -0.2) is 29.7 Å². The van der Waals surface area contributed by atoms with E-state index in [2.05, 4.69) is 10.6 Å². The average molecular weight is 298 g/mol. The molecule has 0 aromatic carbocycles. The molecule has 1 aliphatic carbocycles. The average Bonchev–Trinajstić information content (AvgIpc) is 2.43. The molecule has 5 heteroatoms. The molecule has 0 aliphatic heterocycles. The molecule has 21 heavy (non-hydrogen) atoms. The maximum atomic E-state index is 12.0. The van der Waals surface area contributed by atoms with Crippen molar-refractivity contribution in [3.05, 3.63) is 0 Å². The van der Waals surface area contributed by atoms with Crippen molar-refractivity contribution in [1.82, 2.24) is 10.6 Å². The molecule has 0 saturated heterocycles. The van der Waals surface area contributed by atoms with Crippen LogP contribution in [0.3, 0.4) is 0 Å². The Morgan fingerprint density at radius 2 is 1.57 bits per heavy atom. The summed E-state index contributed by atoms with van der Waals surface area (Å²) in [6.07, 6.45) is 9.19. The molecular weight excluding hydrogens is 268 g/mol. The van der Waals surface area contributed by atoms with E-state index in [0.717, 1.165) is 25.7 Å². The van der Waals surface area contributed by atoms with Gasteiger partial charge in [-0.3, -0.25) is 4.79 Å². The molecule has 0 radical (unpaired) electrons. The summed E-state index contributed by atoms with van der Waals surface area (Å²) in [4.78, 5) is 23.4. The summed E-state index contributed by atoms with van der Waals surface area (Å²) in [5.41, 5.74) is -0.849. The van der Waals surface area contributed by atoms with Crippen LogP contribution in [0.2, 0.25) is 0 Å². The molecule has 0 aromatic rings. The third-order valence-corrected chi connectivity index (χ3v) is 4.83. The molecule has 0 atom stereocenters. The lowest BCUT2D eigenvalue weighted by Gasteiger charge is -2.28. The minimum atomic E-state index is -0.849. The Morgan fingerprint density at radius 1 is 1.05 bits per heavy atom. The molecule has 1 rings (SSSR count). The molecule has 0 spiro atoms. The van der Waals surface area contributed by atoms with Crippen molar-refractivity contribution in [3.8, 4) is 0 Å². The zero-order chi connectivity index (χ0) is 15.7. The summed E-state index contributed by atoms with van der Waals surface area (Å²) >= 11 is 0. The number of rotatable bonds is 6. The van der Waals surface area contributed by atoms with Crippen molar-refractivity contribution in [3.63, 3.8) is 0 Å². The van der Waals surface area contributed by atoms with E-state index in [0.29, 0.717) is 12.8 Å². The molecule has 0 unspecified atom stereocenters. The quantitative estimate of drug-likeness (QED) is 0.704. The molecule has 1 aliphatic rings. The number of hydrogen-bond acceptors (Lipinski definition) is 2. The van der Waals surface area contributed by atoms with E-state index in [1.165, 1.54) is 19.3 Å². The first-order chi connectivity index (χ1) is 10.0. The number of aliphatic carboxylic acids is 1. The molecule has 0 heterocycles. The molecule has 0 bridgehead atoms. The van der Waals surface area contributed by atoms with Crippen molar-refractivity contribution >= 4 is 12.0 Å². The second-order valence-electron chi connectivity index (χ2n) is 6.16. The van der Waals surface area contributed by atoms with Gasteiger partial charge in [0, 0.05) is 12.6 Å². The highest BCUT2D eigenvalue weighted by molar-refractivity contribution is 5.78. The standard InChI is InChI=1S/C16H30N2O3/c1-3-16(4-2,14(19)20)12-17-15(21)18-13-10-8-6-5-7-9-11-13/h13H,3-12H2,1-2H3,(H,19,20)(H2,17,18,21). The number of hydrogen-bond donors (Lipinski definition) is 3. The van der Waals surface area contributed by atoms with Crippen LogP contribution < -0.4 is 10.6 Å². The second-order valence-corrected chi connectivity index (χ2v) is 6.16. The molecule has 1 fully saturated rings. The summed E-state index contributed by atoms with van der Waals surface area (Å²) in [5, 5.41) is 15.1. The molecule has 1 saturated carbocycles. The van der Waals surface area contributed by atoms with Crippen LogP contribution in [-0.2, 0) is 4.79 Å². The number of carbonyl (C=O) groups excluding carboxylic acids is 1. The predicted molar refractivity (Wildman–Crippen MR) is 83.3 cm³/mol. The fourth-order valence-electron chi connectivity index (χ4n) is 2.96. The summed E-state index contributed by atoms with van der Waals surface area (Å²) in [5.74, 6) is -0.834. The van der Waals surface area contributed by atoms with Gasteiger partial charge in [0.2, 0.25) is 0 Å². The maximum Gasteiger partial charge on any atom is 0.315 e. The Bertz CT molecular complexity index is 332. The lowest BCUT2D eigenvalue weighted by atomic mass is 9.82. The van der Waals surface area contributed by atoms with Crippen LogP contribution >= 0.6 is 0 Å². The second kappa shape index (κ2) is 8.90. The molecule has 3 N–H and O–H groups in total. The SMILES string of the molecule is CCC(CC)(CNC(=O)NC1CCCCCCC1)C(=O)O. The number of carboxylic acid groups (broad SMARTS) is 1. The minimum Gasteiger partial charge on any atom is -0.481 e. The summed E-state index contributed by atoms with van der Waals surface area (Å²) in [7, 11) is 0. The molecule has 0 aromatic heterocycles. The molecule has 122 valence electrons. The fraction of sp³-hybridized carbons (Fsp3) is 0.875. The largest absolute Gasteiger partial charge is 0.481 e. The Kier molecular flexibility index (Phi) is 7.54. The van der Waals surface area contributed by atoms with Gasteiger partial charge in [0.15, 0.2) is 0 Å². The lowest BCUT2D eigenvalue weighted by Crippen LogP contribution is -2.48. The Balaban J connectivity index is 2.43. The normalized spacial score (nSPS) is 17.6. The van der Waals surface area contributed by atoms with E-state index < -0.39 is 11.4 Å². The summed E-state index contributed by atoms with van der Waals surface area (Å²) < 4.78 is 0. The number of amides is 2. The Morgan fingerprint density at radius 3 is 2.05 bits per heavy atom. The smallest absolute Gasteiger partial charge is 0.315 e. The predicted octanol–water partition coefficient (Wildman–Crippen LogP) is 3.29. The van der Waals surface area contributed by atoms with E-state index >= 15 is 0 Å². The van der Waals surface area contributed by atoms with Gasteiger partial charge in [0.25, 0.3) is 0 Å². The van der Waals surface area contributed by atoms with Gasteiger partial charge < -0.3 is 15.7 Å². The summed E-state index contributed by atoms with van der Waals surface area (Å²) in [6.45, 7) is 3.89. The highest BCUT2D eigenvalue weighted by atomic mass is 16.4. The van der Waals surface area contributed by atoms with Crippen LogP contribution in [0.1, 0.15) is 71.6 Å². The van der Waals surface area contributed by atoms with E-state index in [9.17, 15) is 14.7 Å². The van der Waals surface area contributed by atoms with Crippen molar-refractivity contribution in [1.29, 1.82) is 0 Å². The zero-order valence-corrected chi connectivity index (χ0v) is 13.4. The van der Waals surface area contributed by atoms with Crippen molar-refractivity contribution in [2.45, 2.75) is 77.7 Å². The number of urea groups is 1. The molecular formula is C16H30N2O3. The monoisotopic (exact) mass is 298 g/mol. The van der Waals surface area contributed by atoms with Crippen LogP contribution in [0, 0.1) is 5.41 Å². The van der Waals surface area contributed by atoms with Gasteiger partial charge in [-0.05, 0) is 25.7 Å². The van der Waals surface area contributed by atoms with Crippen LogP contribution in [0.15, 0.2) is 0 Å². The highest BCUT2D eigenvalue weighted by Crippen LogP contribution is 2.25. The van der Waals surface area contributed by atoms with Crippen molar-refractivity contribution < 1.29 is 14.7 Å². The fourth-order valence-corrected chi connectivity index (χ4v) is 2.96. The Labute approximate surface area is 127 Å². The summed E-state index contributed by atoms with van der Waals surface area (Å²) in [6, 6.07) is 0.000814. The van der Waals surface area contributed by atoms with E-state index in [-0.39, 0.29) is 18.6 Å². The van der Waals surface area contributed by atoms with Gasteiger partial charge in [-0.25, -0.2) is 4.79 Å². The van der Waals surface area contributed by atoms with Gasteiger partial charge in [-0.1, -0.05) is 46.0 Å². The van der Waals surface area contributed by atoms with Gasteiger partial charge >= 0.3 is 12.0 Å². The van der Waals surface area contributed by atoms with Gasteiger partial charge in [0.1, 0.15) is 0 Å². The van der Waals surface area contributed by atoms with Gasteiger partial charge in [0.05, 0.1) is 5.41 Å². The van der Waals surface area contributed by atoms with Crippen LogP contribution in [0.4, 0.5) is 4.79 Å². The zero-order valence-electron chi connectivity index (χ0n) is 13.4. The van der Waals surface area contributed by atoms with E-state index in [4.69, 9.17) is 0 Å². The first-order valence-electron chi connectivity index (χ1n) is 8.32. The molecule has 2 amide bonds. The van der Waals surface area contributed by atoms with E-state index in [1.807, 2.05) is 13.8 Å². The number of carboxylic acids is 1. The maximum absolute atomic E-state index is 12.0. The van der Waals surface area contributed by atoms with Crippen molar-refractivity contribution in [2.75, 3.05) is 6.54 Å². The third-order valence-electron chi connectivity index (χ3n) is 4.83. The van der Waals surface area contributed by atoms with Gasteiger partial charge in [-0.2, -0.15) is 0 Å². The lowest BCUT2D eigenvalue weighted by molar-refractivity contribution is -0.149. The highest BCUT2D eigenvalue weighted by Gasteiger charge is 2.35. The Hall–Kier alpha value is -1.26. The number of nitrogens with one attached hydrogen (secondary N) is 2. The number of carbonyl (C=O) groups is 2. The topological polar surface area (TPSA) is 78.4 Å². The van der Waals surface area contributed by atoms with E-state index in [1.54, 1.807) is 0 Å².